The van der Waals surface area contributed by atoms with Crippen LogP contribution in [0.4, 0.5) is 0 Å². The second-order valence-corrected chi connectivity index (χ2v) is 4.38. The molecule has 0 saturated carbocycles. The Hall–Kier alpha value is -0.860. The van der Waals surface area contributed by atoms with Crippen LogP contribution in [0.15, 0.2) is 24.3 Å². The largest absolute Gasteiger partial charge is 0.376 e. The summed E-state index contributed by atoms with van der Waals surface area (Å²) in [5.41, 5.74) is 8.30. The van der Waals surface area contributed by atoms with Crippen LogP contribution in [0.3, 0.4) is 0 Å². The van der Waals surface area contributed by atoms with Gasteiger partial charge in [0.15, 0.2) is 0 Å². The SMILES string of the molecule is Cc1ccc([C@H]2CC[C@@H](CN)OC2)cc1. The Morgan fingerprint density at radius 1 is 1.27 bits per heavy atom. The minimum atomic E-state index is 0.284. The molecule has 2 heteroatoms. The second-order valence-electron chi connectivity index (χ2n) is 4.38. The van der Waals surface area contributed by atoms with Gasteiger partial charge in [0.25, 0.3) is 0 Å². The molecule has 1 saturated heterocycles. The fourth-order valence-electron chi connectivity index (χ4n) is 2.09. The highest BCUT2D eigenvalue weighted by atomic mass is 16.5. The minimum Gasteiger partial charge on any atom is -0.376 e. The summed E-state index contributed by atoms with van der Waals surface area (Å²) in [7, 11) is 0. The van der Waals surface area contributed by atoms with Crippen molar-refractivity contribution < 1.29 is 4.74 Å². The van der Waals surface area contributed by atoms with E-state index >= 15 is 0 Å². The molecule has 0 unspecified atom stereocenters. The van der Waals surface area contributed by atoms with Crippen molar-refractivity contribution in [2.45, 2.75) is 31.8 Å². The number of rotatable bonds is 2. The van der Waals surface area contributed by atoms with E-state index < -0.39 is 0 Å². The summed E-state index contributed by atoms with van der Waals surface area (Å²) in [5, 5.41) is 0. The van der Waals surface area contributed by atoms with Crippen LogP contribution in [-0.2, 0) is 4.74 Å². The van der Waals surface area contributed by atoms with E-state index in [0.717, 1.165) is 13.0 Å². The zero-order chi connectivity index (χ0) is 10.7. The standard InChI is InChI=1S/C13H19NO/c1-10-2-4-11(5-3-10)12-6-7-13(8-14)15-9-12/h2-5,12-13H,6-9,14H2,1H3/t12-,13-/m0/s1. The lowest BCUT2D eigenvalue weighted by Gasteiger charge is -2.28. The molecule has 0 bridgehead atoms. The molecular weight excluding hydrogens is 186 g/mol. The first-order valence-electron chi connectivity index (χ1n) is 5.68. The molecule has 1 aromatic carbocycles. The number of hydrogen-bond donors (Lipinski definition) is 1. The highest BCUT2D eigenvalue weighted by Gasteiger charge is 2.21. The van der Waals surface area contributed by atoms with Crippen LogP contribution in [0, 0.1) is 6.92 Å². The lowest BCUT2D eigenvalue weighted by atomic mass is 9.91. The monoisotopic (exact) mass is 205 g/mol. The third kappa shape index (κ3) is 2.58. The van der Waals surface area contributed by atoms with Gasteiger partial charge in [-0.05, 0) is 25.3 Å². The maximum absolute atomic E-state index is 5.70. The van der Waals surface area contributed by atoms with E-state index in [9.17, 15) is 0 Å². The third-order valence-electron chi connectivity index (χ3n) is 3.18. The van der Waals surface area contributed by atoms with Crippen molar-refractivity contribution in [1.82, 2.24) is 0 Å². The normalized spacial score (nSPS) is 26.5. The van der Waals surface area contributed by atoms with Gasteiger partial charge in [0.05, 0.1) is 12.7 Å². The van der Waals surface area contributed by atoms with Gasteiger partial charge in [0.2, 0.25) is 0 Å². The first-order chi connectivity index (χ1) is 7.29. The average Bonchev–Trinajstić information content (AvgIpc) is 2.30. The Bertz CT molecular complexity index is 299. The van der Waals surface area contributed by atoms with Crippen molar-refractivity contribution in [2.24, 2.45) is 5.73 Å². The Labute approximate surface area is 91.4 Å². The van der Waals surface area contributed by atoms with E-state index in [0.29, 0.717) is 12.5 Å². The molecule has 0 spiro atoms. The van der Waals surface area contributed by atoms with Crippen LogP contribution in [0.1, 0.15) is 29.9 Å². The molecule has 2 nitrogen and oxygen atoms in total. The minimum absolute atomic E-state index is 0.284. The Kier molecular flexibility index (Phi) is 3.39. The van der Waals surface area contributed by atoms with Crippen LogP contribution in [-0.4, -0.2) is 19.3 Å². The predicted molar refractivity (Wildman–Crippen MR) is 61.9 cm³/mol. The molecule has 2 N–H and O–H groups in total. The molecule has 82 valence electrons. The number of ether oxygens (including phenoxy) is 1. The highest BCUT2D eigenvalue weighted by molar-refractivity contribution is 5.24. The third-order valence-corrected chi connectivity index (χ3v) is 3.18. The van der Waals surface area contributed by atoms with Gasteiger partial charge >= 0.3 is 0 Å². The zero-order valence-electron chi connectivity index (χ0n) is 9.28. The Morgan fingerprint density at radius 3 is 2.53 bits per heavy atom. The highest BCUT2D eigenvalue weighted by Crippen LogP contribution is 2.27. The van der Waals surface area contributed by atoms with Crippen molar-refractivity contribution >= 4 is 0 Å². The molecule has 2 atom stereocenters. The summed E-state index contributed by atoms with van der Waals surface area (Å²) in [6.07, 6.45) is 2.58. The molecule has 15 heavy (non-hydrogen) atoms. The van der Waals surface area contributed by atoms with E-state index in [1.807, 2.05) is 0 Å². The Morgan fingerprint density at radius 2 is 2.00 bits per heavy atom. The van der Waals surface area contributed by atoms with Crippen LogP contribution in [0.25, 0.3) is 0 Å². The summed E-state index contributed by atoms with van der Waals surface area (Å²) < 4.78 is 5.70. The molecule has 2 rings (SSSR count). The predicted octanol–water partition coefficient (Wildman–Crippen LogP) is 2.22. The summed E-state index contributed by atoms with van der Waals surface area (Å²) in [4.78, 5) is 0. The molecular formula is C13H19NO. The van der Waals surface area contributed by atoms with Gasteiger partial charge in [-0.3, -0.25) is 0 Å². The lowest BCUT2D eigenvalue weighted by molar-refractivity contribution is 0.00956. The number of nitrogens with two attached hydrogens (primary N) is 1. The molecule has 0 radical (unpaired) electrons. The van der Waals surface area contributed by atoms with E-state index in [4.69, 9.17) is 10.5 Å². The second kappa shape index (κ2) is 4.77. The molecule has 1 aliphatic rings. The summed E-state index contributed by atoms with van der Waals surface area (Å²) in [5.74, 6) is 0.563. The summed E-state index contributed by atoms with van der Waals surface area (Å²) >= 11 is 0. The smallest absolute Gasteiger partial charge is 0.0697 e. The van der Waals surface area contributed by atoms with Crippen molar-refractivity contribution in [3.05, 3.63) is 35.4 Å². The van der Waals surface area contributed by atoms with Gasteiger partial charge in [-0.15, -0.1) is 0 Å². The maximum atomic E-state index is 5.70. The molecule has 0 aromatic heterocycles. The Balaban J connectivity index is 1.98. The van der Waals surface area contributed by atoms with Gasteiger partial charge in [-0.25, -0.2) is 0 Å². The molecule has 0 aliphatic carbocycles. The lowest BCUT2D eigenvalue weighted by Crippen LogP contribution is -2.30. The first kappa shape index (κ1) is 10.7. The molecule has 1 heterocycles. The van der Waals surface area contributed by atoms with E-state index in [1.165, 1.54) is 17.5 Å². The summed E-state index contributed by atoms with van der Waals surface area (Å²) in [6.45, 7) is 3.59. The topological polar surface area (TPSA) is 35.2 Å². The van der Waals surface area contributed by atoms with E-state index in [2.05, 4.69) is 31.2 Å². The quantitative estimate of drug-likeness (QED) is 0.803. The van der Waals surface area contributed by atoms with Crippen LogP contribution in [0.5, 0.6) is 0 Å². The van der Waals surface area contributed by atoms with E-state index in [1.54, 1.807) is 0 Å². The van der Waals surface area contributed by atoms with Gasteiger partial charge in [0, 0.05) is 12.5 Å². The maximum Gasteiger partial charge on any atom is 0.0697 e. The van der Waals surface area contributed by atoms with Gasteiger partial charge < -0.3 is 10.5 Å². The first-order valence-corrected chi connectivity index (χ1v) is 5.68. The number of aryl methyl sites for hydroxylation is 1. The van der Waals surface area contributed by atoms with Gasteiger partial charge in [-0.2, -0.15) is 0 Å². The average molecular weight is 205 g/mol. The van der Waals surface area contributed by atoms with Crippen molar-refractivity contribution in [3.63, 3.8) is 0 Å². The van der Waals surface area contributed by atoms with Crippen molar-refractivity contribution in [2.75, 3.05) is 13.2 Å². The van der Waals surface area contributed by atoms with Gasteiger partial charge in [-0.1, -0.05) is 29.8 Å². The molecule has 0 amide bonds. The fourth-order valence-corrected chi connectivity index (χ4v) is 2.09. The van der Waals surface area contributed by atoms with Crippen LogP contribution in [0.2, 0.25) is 0 Å². The number of hydrogen-bond acceptors (Lipinski definition) is 2. The molecule has 1 aromatic rings. The number of benzene rings is 1. The van der Waals surface area contributed by atoms with Crippen LogP contribution < -0.4 is 5.73 Å². The summed E-state index contributed by atoms with van der Waals surface area (Å²) in [6, 6.07) is 8.77. The van der Waals surface area contributed by atoms with Crippen molar-refractivity contribution in [3.8, 4) is 0 Å². The molecule has 1 aliphatic heterocycles. The van der Waals surface area contributed by atoms with E-state index in [-0.39, 0.29) is 6.10 Å². The van der Waals surface area contributed by atoms with Gasteiger partial charge in [0.1, 0.15) is 0 Å². The fraction of sp³-hybridized carbons (Fsp3) is 0.538. The van der Waals surface area contributed by atoms with Crippen molar-refractivity contribution in [1.29, 1.82) is 0 Å². The van der Waals surface area contributed by atoms with Crippen LogP contribution >= 0.6 is 0 Å². The molecule has 1 fully saturated rings. The zero-order valence-corrected chi connectivity index (χ0v) is 9.28.